The summed E-state index contributed by atoms with van der Waals surface area (Å²) in [5.74, 6) is 0. The van der Waals surface area contributed by atoms with Gasteiger partial charge in [0.05, 0.1) is 0 Å². The molecule has 0 N–H and O–H groups in total. The second kappa shape index (κ2) is 18.0. The van der Waals surface area contributed by atoms with Crippen molar-refractivity contribution >= 4 is 69.1 Å². The van der Waals surface area contributed by atoms with Crippen LogP contribution in [0.2, 0.25) is 0 Å². The van der Waals surface area contributed by atoms with Crippen LogP contribution in [0.4, 0.5) is 3.38 Å². The predicted molar refractivity (Wildman–Crippen MR) is 18.5 cm³/mol. The Balaban J connectivity index is 0. The van der Waals surface area contributed by atoms with Crippen molar-refractivity contribution in [1.29, 1.82) is 0 Å². The molecule has 4 heteroatoms. The van der Waals surface area contributed by atoms with Gasteiger partial charge in [-0.05, 0) is 0 Å². The Morgan fingerprint density at radius 1 is 1.50 bits per heavy atom. The summed E-state index contributed by atoms with van der Waals surface area (Å²) in [5, 5.41) is 0. The molecule has 0 aliphatic carbocycles. The Labute approximate surface area is 70.6 Å². The maximum atomic E-state index is 9.50. The molecule has 0 aliphatic rings. The molecular formula is ClFKLi. The number of hydrogen-bond acceptors (Lipinski definition) is 0. The van der Waals surface area contributed by atoms with Gasteiger partial charge in [-0.1, -0.05) is 0 Å². The summed E-state index contributed by atoms with van der Waals surface area (Å²) in [4.78, 5) is 0. The second-order valence-corrected chi connectivity index (χ2v) is 0. The molecule has 0 aliphatic heterocycles. The third-order valence-electron chi connectivity index (χ3n) is 0. The number of rotatable bonds is 0. The molecule has 0 heterocycles. The van der Waals surface area contributed by atoms with Gasteiger partial charge in [0.15, 0.2) is 0 Å². The molecule has 0 aromatic heterocycles. The van der Waals surface area contributed by atoms with Crippen LogP contribution in [0.1, 0.15) is 0 Å². The summed E-state index contributed by atoms with van der Waals surface area (Å²) in [6.45, 7) is 0. The van der Waals surface area contributed by atoms with Crippen molar-refractivity contribution in [3.05, 3.63) is 0 Å². The molecule has 4 heavy (non-hydrogen) atoms. The van der Waals surface area contributed by atoms with Gasteiger partial charge in [0, 0.05) is 0 Å². The first-order valence-corrected chi connectivity index (χ1v) is 5.05. The Morgan fingerprint density at radius 3 is 1.50 bits per heavy atom. The molecule has 0 fully saturated rings. The van der Waals surface area contributed by atoms with E-state index in [4.69, 9.17) is 3.76 Å². The summed E-state index contributed by atoms with van der Waals surface area (Å²) < 4.78 is 14.3. The molecule has 16 valence electrons. The van der Waals surface area contributed by atoms with E-state index >= 15 is 0 Å². The standard InChI is InChI=1S/ClH.FH.K.Li/h2*1H;;/q;;2*+1/p-2. The van der Waals surface area contributed by atoms with Gasteiger partial charge in [-0.25, -0.2) is 0 Å². The van der Waals surface area contributed by atoms with Crippen LogP contribution >= 0.6 is 3.76 Å². The molecule has 0 unspecified atom stereocenters. The van der Waals surface area contributed by atoms with Gasteiger partial charge in [-0.2, -0.15) is 0 Å². The molecule has 0 bridgehead atoms. The van der Waals surface area contributed by atoms with E-state index in [9.17, 15) is 3.38 Å². The van der Waals surface area contributed by atoms with Crippen molar-refractivity contribution in [3.8, 4) is 0 Å². The summed E-state index contributed by atoms with van der Waals surface area (Å²) in [6, 6.07) is 0. The van der Waals surface area contributed by atoms with Gasteiger partial charge in [-0.3, -0.25) is 0 Å². The van der Waals surface area contributed by atoms with Crippen molar-refractivity contribution in [3.63, 3.8) is 0 Å². The Kier molecular flexibility index (Phi) is 43.5. The van der Waals surface area contributed by atoms with Gasteiger partial charge in [0.25, 0.3) is 0 Å². The molecule has 0 radical (unpaired) electrons. The second-order valence-electron chi connectivity index (χ2n) is 0. The average molecular weight is 100 g/mol. The topological polar surface area (TPSA) is 0 Å². The zero-order valence-electron chi connectivity index (χ0n) is 2.76. The van der Waals surface area contributed by atoms with E-state index in [-0.39, 0.29) is 0 Å². The Hall–Kier alpha value is 2.45. The quantitative estimate of drug-likeness (QED) is 0.385. The Morgan fingerprint density at radius 2 is 1.50 bits per heavy atom. The van der Waals surface area contributed by atoms with Crippen LogP contribution in [-0.4, -0.2) is 65.3 Å². The molecule has 0 saturated carbocycles. The molecule has 0 aromatic rings. The van der Waals surface area contributed by atoms with Gasteiger partial charge in [-0.15, -0.1) is 0 Å². The summed E-state index contributed by atoms with van der Waals surface area (Å²) in [7, 11) is 0. The van der Waals surface area contributed by atoms with Gasteiger partial charge >= 0.3 is 72.5 Å². The first-order chi connectivity index (χ1) is 2.00. The fraction of sp³-hybridized carbons (Fsp3) is 0. The van der Waals surface area contributed by atoms with Crippen molar-refractivity contribution in [2.75, 3.05) is 0 Å². The van der Waals surface area contributed by atoms with Crippen LogP contribution in [0, 0.1) is 0 Å². The molecule has 0 nitrogen and oxygen atoms in total. The van der Waals surface area contributed by atoms with Gasteiger partial charge in [0.1, 0.15) is 0 Å². The van der Waals surface area contributed by atoms with E-state index in [0.29, 0.717) is 65.3 Å². The third kappa shape index (κ3) is 8.82. The van der Waals surface area contributed by atoms with E-state index in [1.807, 2.05) is 0 Å². The van der Waals surface area contributed by atoms with Crippen LogP contribution in [-0.2, 0) is 0 Å². The average Bonchev–Trinajstić information content (AvgIpc) is 1.50. The summed E-state index contributed by atoms with van der Waals surface area (Å²) in [5.41, 5.74) is 0. The summed E-state index contributed by atoms with van der Waals surface area (Å²) in [6.07, 6.45) is 0. The predicted octanol–water partition coefficient (Wildman–Crippen LogP) is 0.348. The Bertz CT molecular complexity index is 8.00. The molecular weight excluding hydrogens is 100 g/mol. The van der Waals surface area contributed by atoms with Crippen molar-refractivity contribution < 1.29 is 3.38 Å². The van der Waals surface area contributed by atoms with E-state index in [0.717, 1.165) is 0 Å². The number of hydrogen-bond donors (Lipinski definition) is 0. The van der Waals surface area contributed by atoms with Crippen LogP contribution in [0.15, 0.2) is 0 Å². The fourth-order valence-electron chi connectivity index (χ4n) is 0. The van der Waals surface area contributed by atoms with Crippen molar-refractivity contribution in [2.45, 2.75) is 0 Å². The van der Waals surface area contributed by atoms with Crippen molar-refractivity contribution in [2.24, 2.45) is 0 Å². The minimum absolute atomic E-state index is 0.500. The van der Waals surface area contributed by atoms with Crippen LogP contribution in [0.25, 0.3) is 0 Å². The maximum absolute atomic E-state index is 9.50. The number of halogens is 2. The van der Waals surface area contributed by atoms with Gasteiger partial charge < -0.3 is 0 Å². The zero-order chi connectivity index (χ0) is 4.00. The van der Waals surface area contributed by atoms with E-state index in [1.54, 1.807) is 0 Å². The molecule has 0 spiro atoms. The summed E-state index contributed by atoms with van der Waals surface area (Å²) >= 11 is 1.03. The first-order valence-electron chi connectivity index (χ1n) is 0.756. The molecule has 0 atom stereocenters. The van der Waals surface area contributed by atoms with Crippen LogP contribution < -0.4 is 0 Å². The first kappa shape index (κ1) is 9.68. The fourth-order valence-corrected chi connectivity index (χ4v) is 0. The minimum atomic E-state index is 0.500. The van der Waals surface area contributed by atoms with E-state index in [2.05, 4.69) is 0 Å². The SMILES string of the molecule is [Cl][K].[Li][F]. The van der Waals surface area contributed by atoms with Crippen LogP contribution in [0.5, 0.6) is 0 Å². The zero-order valence-corrected chi connectivity index (χ0v) is 6.63. The normalized spacial score (nSPS) is 3.50. The van der Waals surface area contributed by atoms with Crippen molar-refractivity contribution in [1.82, 2.24) is 0 Å². The van der Waals surface area contributed by atoms with E-state index in [1.165, 1.54) is 0 Å². The molecule has 0 amide bonds. The monoisotopic (exact) mass is 99.9 g/mol. The molecule has 0 saturated heterocycles. The third-order valence-corrected chi connectivity index (χ3v) is 0. The molecule has 0 aromatic carbocycles. The van der Waals surface area contributed by atoms with E-state index < -0.39 is 0 Å². The van der Waals surface area contributed by atoms with Gasteiger partial charge in [0.2, 0.25) is 0 Å². The van der Waals surface area contributed by atoms with Crippen LogP contribution in [0.3, 0.4) is 0 Å². The molecule has 0 rings (SSSR count).